The van der Waals surface area contributed by atoms with E-state index < -0.39 is 0 Å². The van der Waals surface area contributed by atoms with Crippen molar-refractivity contribution in [3.05, 3.63) is 40.9 Å². The van der Waals surface area contributed by atoms with E-state index in [9.17, 15) is 4.79 Å². The first-order valence-corrected chi connectivity index (χ1v) is 9.18. The summed E-state index contributed by atoms with van der Waals surface area (Å²) in [7, 11) is 1.89. The average molecular weight is 328 g/mol. The van der Waals surface area contributed by atoms with Crippen molar-refractivity contribution in [3.63, 3.8) is 0 Å². The van der Waals surface area contributed by atoms with Crippen LogP contribution in [0.3, 0.4) is 0 Å². The monoisotopic (exact) mass is 328 g/mol. The summed E-state index contributed by atoms with van der Waals surface area (Å²) in [6, 6.07) is 8.78. The zero-order chi connectivity index (χ0) is 16.6. The number of hydrogen-bond donors (Lipinski definition) is 0. The van der Waals surface area contributed by atoms with Gasteiger partial charge in [0.25, 0.3) is 5.91 Å². The van der Waals surface area contributed by atoms with Gasteiger partial charge in [0, 0.05) is 24.0 Å². The van der Waals surface area contributed by atoms with Crippen LogP contribution >= 0.6 is 11.3 Å². The van der Waals surface area contributed by atoms with Gasteiger partial charge < -0.3 is 4.90 Å². The topological polar surface area (TPSA) is 33.2 Å². The molecule has 1 heterocycles. The molecule has 0 saturated heterocycles. The van der Waals surface area contributed by atoms with Crippen molar-refractivity contribution in [2.24, 2.45) is 5.92 Å². The fraction of sp³-hybridized carbons (Fsp3) is 0.474. The second-order valence-electron chi connectivity index (χ2n) is 6.81. The van der Waals surface area contributed by atoms with E-state index in [1.807, 2.05) is 17.3 Å². The zero-order valence-electron chi connectivity index (χ0n) is 14.2. The summed E-state index contributed by atoms with van der Waals surface area (Å²) in [5, 5.41) is 2.79. The number of carbonyl (C=O) groups excluding carboxylic acids is 1. The SMILES string of the molecule is CC(C)c1ccc(-c2nc(C(=O)N(C)[C@H](C)C3CC3)cs2)cc1. The van der Waals surface area contributed by atoms with E-state index in [4.69, 9.17) is 0 Å². The van der Waals surface area contributed by atoms with E-state index in [1.54, 1.807) is 0 Å². The highest BCUT2D eigenvalue weighted by Gasteiger charge is 2.33. The van der Waals surface area contributed by atoms with Crippen LogP contribution in [0.15, 0.2) is 29.6 Å². The molecule has 122 valence electrons. The Morgan fingerprint density at radius 2 is 1.87 bits per heavy atom. The number of aromatic nitrogens is 1. The van der Waals surface area contributed by atoms with E-state index in [1.165, 1.54) is 29.7 Å². The molecule has 1 atom stereocenters. The number of amides is 1. The smallest absolute Gasteiger partial charge is 0.273 e. The van der Waals surface area contributed by atoms with Gasteiger partial charge in [-0.1, -0.05) is 38.1 Å². The molecule has 0 bridgehead atoms. The van der Waals surface area contributed by atoms with Crippen molar-refractivity contribution in [1.29, 1.82) is 0 Å². The third-order valence-electron chi connectivity index (χ3n) is 4.78. The average Bonchev–Trinajstić information content (AvgIpc) is 3.29. The zero-order valence-corrected chi connectivity index (χ0v) is 15.1. The number of carbonyl (C=O) groups is 1. The lowest BCUT2D eigenvalue weighted by Gasteiger charge is -2.23. The number of benzene rings is 1. The summed E-state index contributed by atoms with van der Waals surface area (Å²) in [6.45, 7) is 6.51. The van der Waals surface area contributed by atoms with E-state index in [2.05, 4.69) is 50.0 Å². The molecular weight excluding hydrogens is 304 g/mol. The van der Waals surface area contributed by atoms with Crippen LogP contribution in [0.1, 0.15) is 55.6 Å². The van der Waals surface area contributed by atoms with Crippen molar-refractivity contribution >= 4 is 17.2 Å². The van der Waals surface area contributed by atoms with Crippen molar-refractivity contribution in [2.45, 2.75) is 45.6 Å². The molecule has 0 aliphatic heterocycles. The molecule has 1 saturated carbocycles. The molecule has 3 nitrogen and oxygen atoms in total. The molecular formula is C19H24N2OS. The first-order chi connectivity index (χ1) is 11.0. The molecule has 1 amide bonds. The van der Waals surface area contributed by atoms with Gasteiger partial charge in [0.05, 0.1) is 0 Å². The minimum absolute atomic E-state index is 0.0331. The highest BCUT2D eigenvalue weighted by Crippen LogP contribution is 2.35. The van der Waals surface area contributed by atoms with Crippen molar-refractivity contribution < 1.29 is 4.79 Å². The molecule has 4 heteroatoms. The minimum Gasteiger partial charge on any atom is -0.337 e. The molecule has 0 unspecified atom stereocenters. The minimum atomic E-state index is 0.0331. The standard InChI is InChI=1S/C19H24N2OS/c1-12(2)14-5-9-16(10-6-14)18-20-17(11-23-18)19(22)21(4)13(3)15-7-8-15/h5-6,9-13,15H,7-8H2,1-4H3/t13-/m1/s1. The molecule has 1 aliphatic carbocycles. The van der Waals surface area contributed by atoms with Crippen LogP contribution in [0.25, 0.3) is 10.6 Å². The second-order valence-corrected chi connectivity index (χ2v) is 7.67. The number of rotatable bonds is 5. The second kappa shape index (κ2) is 6.44. The van der Waals surface area contributed by atoms with Crippen molar-refractivity contribution in [3.8, 4) is 10.6 Å². The van der Waals surface area contributed by atoms with E-state index in [0.29, 0.717) is 23.6 Å². The van der Waals surface area contributed by atoms with Gasteiger partial charge in [-0.3, -0.25) is 4.79 Å². The molecule has 1 aromatic heterocycles. The number of hydrogen-bond acceptors (Lipinski definition) is 3. The van der Waals surface area contributed by atoms with Gasteiger partial charge in [-0.2, -0.15) is 0 Å². The van der Waals surface area contributed by atoms with Crippen LogP contribution in [-0.2, 0) is 0 Å². The van der Waals surface area contributed by atoms with Crippen LogP contribution in [0.2, 0.25) is 0 Å². The Morgan fingerprint density at radius 1 is 1.22 bits per heavy atom. The van der Waals surface area contributed by atoms with Gasteiger partial charge in [-0.25, -0.2) is 4.98 Å². The summed E-state index contributed by atoms with van der Waals surface area (Å²) in [5.74, 6) is 1.23. The highest BCUT2D eigenvalue weighted by atomic mass is 32.1. The van der Waals surface area contributed by atoms with E-state index >= 15 is 0 Å². The van der Waals surface area contributed by atoms with Crippen molar-refractivity contribution in [2.75, 3.05) is 7.05 Å². The molecule has 1 aliphatic rings. The molecule has 2 aromatic rings. The van der Waals surface area contributed by atoms with Gasteiger partial charge in [-0.05, 0) is 37.2 Å². The lowest BCUT2D eigenvalue weighted by Crippen LogP contribution is -2.36. The lowest BCUT2D eigenvalue weighted by molar-refractivity contribution is 0.0722. The Kier molecular flexibility index (Phi) is 4.53. The molecule has 0 N–H and O–H groups in total. The fourth-order valence-corrected chi connectivity index (χ4v) is 3.58. The molecule has 3 rings (SSSR count). The summed E-state index contributed by atoms with van der Waals surface area (Å²) >= 11 is 1.54. The van der Waals surface area contributed by atoms with E-state index in [0.717, 1.165) is 10.6 Å². The van der Waals surface area contributed by atoms with Gasteiger partial charge in [0.2, 0.25) is 0 Å². The molecule has 0 spiro atoms. The summed E-state index contributed by atoms with van der Waals surface area (Å²) in [4.78, 5) is 19.0. The predicted octanol–water partition coefficient (Wildman–Crippen LogP) is 4.80. The number of nitrogens with zero attached hydrogens (tertiary/aromatic N) is 2. The Hall–Kier alpha value is -1.68. The maximum atomic E-state index is 12.6. The normalized spacial score (nSPS) is 15.7. The van der Waals surface area contributed by atoms with Crippen LogP contribution < -0.4 is 0 Å². The third-order valence-corrected chi connectivity index (χ3v) is 5.67. The highest BCUT2D eigenvalue weighted by molar-refractivity contribution is 7.13. The largest absolute Gasteiger partial charge is 0.337 e. The first kappa shape index (κ1) is 16.2. The third kappa shape index (κ3) is 3.47. The molecule has 0 radical (unpaired) electrons. The van der Waals surface area contributed by atoms with Gasteiger partial charge in [-0.15, -0.1) is 11.3 Å². The quantitative estimate of drug-likeness (QED) is 0.789. The summed E-state index contributed by atoms with van der Waals surface area (Å²) in [6.07, 6.45) is 2.48. The summed E-state index contributed by atoms with van der Waals surface area (Å²) in [5.41, 5.74) is 2.96. The molecule has 1 fully saturated rings. The fourth-order valence-electron chi connectivity index (χ4n) is 2.78. The van der Waals surface area contributed by atoms with Gasteiger partial charge in [0.1, 0.15) is 10.7 Å². The first-order valence-electron chi connectivity index (χ1n) is 8.30. The van der Waals surface area contributed by atoms with Crippen molar-refractivity contribution in [1.82, 2.24) is 9.88 Å². The Bertz CT molecular complexity index is 686. The number of thiazole rings is 1. The lowest BCUT2D eigenvalue weighted by atomic mass is 10.0. The van der Waals surface area contributed by atoms with Gasteiger partial charge in [0.15, 0.2) is 0 Å². The van der Waals surface area contributed by atoms with Gasteiger partial charge >= 0.3 is 0 Å². The van der Waals surface area contributed by atoms with Crippen LogP contribution in [0, 0.1) is 5.92 Å². The maximum absolute atomic E-state index is 12.6. The molecule has 23 heavy (non-hydrogen) atoms. The molecule has 1 aromatic carbocycles. The Labute approximate surface area is 142 Å². The van der Waals surface area contributed by atoms with Crippen LogP contribution in [0.4, 0.5) is 0 Å². The van der Waals surface area contributed by atoms with E-state index in [-0.39, 0.29) is 5.91 Å². The summed E-state index contributed by atoms with van der Waals surface area (Å²) < 4.78 is 0. The maximum Gasteiger partial charge on any atom is 0.273 e. The Morgan fingerprint density at radius 3 is 2.43 bits per heavy atom. The van der Waals surface area contributed by atoms with Crippen LogP contribution in [-0.4, -0.2) is 28.9 Å². The van der Waals surface area contributed by atoms with Crippen LogP contribution in [0.5, 0.6) is 0 Å². The predicted molar refractivity (Wildman–Crippen MR) is 95.9 cm³/mol. The Balaban J connectivity index is 1.75.